The van der Waals surface area contributed by atoms with Gasteiger partial charge in [-0.05, 0) is 25.0 Å². The Bertz CT molecular complexity index is 663. The Morgan fingerprint density at radius 2 is 2.24 bits per heavy atom. The Labute approximate surface area is 122 Å². The number of aromatic nitrogens is 2. The van der Waals surface area contributed by atoms with Crippen molar-refractivity contribution < 1.29 is 14.7 Å². The zero-order chi connectivity index (χ0) is 15.4. The van der Waals surface area contributed by atoms with Gasteiger partial charge in [0.05, 0.1) is 12.1 Å². The summed E-state index contributed by atoms with van der Waals surface area (Å²) in [5.41, 5.74) is 2.46. The van der Waals surface area contributed by atoms with Gasteiger partial charge in [-0.25, -0.2) is 9.78 Å². The number of hydrogen-bond acceptors (Lipinski definition) is 3. The predicted molar refractivity (Wildman–Crippen MR) is 78.1 cm³/mol. The summed E-state index contributed by atoms with van der Waals surface area (Å²) in [6.45, 7) is 3.83. The summed E-state index contributed by atoms with van der Waals surface area (Å²) in [5.74, 6) is -1.33. The lowest BCUT2D eigenvalue weighted by Crippen LogP contribution is -2.41. The molecule has 0 spiro atoms. The number of carboxylic acid groups (broad SMARTS) is 1. The fourth-order valence-corrected chi connectivity index (χ4v) is 2.25. The number of pyridine rings is 1. The Hall–Kier alpha value is -2.37. The van der Waals surface area contributed by atoms with Crippen LogP contribution in [0.5, 0.6) is 0 Å². The molecule has 0 radical (unpaired) electrons. The van der Waals surface area contributed by atoms with Crippen LogP contribution in [0.1, 0.15) is 31.0 Å². The first-order chi connectivity index (χ1) is 10.0. The van der Waals surface area contributed by atoms with Gasteiger partial charge in [-0.3, -0.25) is 4.79 Å². The largest absolute Gasteiger partial charge is 0.480 e. The van der Waals surface area contributed by atoms with Gasteiger partial charge >= 0.3 is 5.97 Å². The van der Waals surface area contributed by atoms with E-state index in [0.29, 0.717) is 18.5 Å². The molecule has 0 bridgehead atoms. The molecule has 0 saturated heterocycles. The summed E-state index contributed by atoms with van der Waals surface area (Å²) in [5, 5.41) is 11.6. The van der Waals surface area contributed by atoms with E-state index >= 15 is 0 Å². The number of rotatable bonds is 6. The Kier molecular flexibility index (Phi) is 4.57. The van der Waals surface area contributed by atoms with Gasteiger partial charge in [-0.2, -0.15) is 0 Å². The number of nitrogens with one attached hydrogen (secondary N) is 1. The van der Waals surface area contributed by atoms with Crippen LogP contribution in [-0.4, -0.2) is 32.4 Å². The smallest absolute Gasteiger partial charge is 0.326 e. The van der Waals surface area contributed by atoms with Gasteiger partial charge in [-0.15, -0.1) is 0 Å². The van der Waals surface area contributed by atoms with Gasteiger partial charge in [0.2, 0.25) is 5.91 Å². The molecule has 2 N–H and O–H groups in total. The molecule has 0 aliphatic carbocycles. The van der Waals surface area contributed by atoms with E-state index in [9.17, 15) is 9.59 Å². The first-order valence-electron chi connectivity index (χ1n) is 6.96. The number of carbonyl (C=O) groups excluding carboxylic acids is 1. The van der Waals surface area contributed by atoms with E-state index in [-0.39, 0.29) is 12.3 Å². The van der Waals surface area contributed by atoms with Gasteiger partial charge in [0.25, 0.3) is 0 Å². The molecule has 21 heavy (non-hydrogen) atoms. The van der Waals surface area contributed by atoms with Crippen molar-refractivity contribution in [1.29, 1.82) is 0 Å². The average molecular weight is 289 g/mol. The monoisotopic (exact) mass is 289 g/mol. The fourth-order valence-electron chi connectivity index (χ4n) is 2.25. The van der Waals surface area contributed by atoms with E-state index in [1.807, 2.05) is 36.6 Å². The summed E-state index contributed by atoms with van der Waals surface area (Å²) >= 11 is 0. The lowest BCUT2D eigenvalue weighted by atomic mass is 10.1. The molecular formula is C15H19N3O3. The molecule has 0 fully saturated rings. The second-order valence-electron chi connectivity index (χ2n) is 5.08. The van der Waals surface area contributed by atoms with Gasteiger partial charge in [-0.1, -0.05) is 19.4 Å². The second-order valence-corrected chi connectivity index (χ2v) is 5.08. The number of nitrogens with zero attached hydrogens (tertiary/aromatic N) is 2. The molecule has 2 heterocycles. The zero-order valence-corrected chi connectivity index (χ0v) is 12.2. The van der Waals surface area contributed by atoms with E-state index in [1.165, 1.54) is 0 Å². The quantitative estimate of drug-likeness (QED) is 0.845. The molecule has 0 aliphatic heterocycles. The van der Waals surface area contributed by atoms with Crippen molar-refractivity contribution >= 4 is 17.5 Å². The summed E-state index contributed by atoms with van der Waals surface area (Å²) in [6.07, 6.45) is 4.86. The Balaban J connectivity index is 2.07. The first kappa shape index (κ1) is 15.0. The summed E-state index contributed by atoms with van der Waals surface area (Å²) in [4.78, 5) is 27.4. The zero-order valence-electron chi connectivity index (χ0n) is 12.2. The molecule has 2 rings (SSSR count). The maximum absolute atomic E-state index is 11.9. The molecule has 2 aromatic heterocycles. The molecule has 0 aliphatic rings. The highest BCUT2D eigenvalue weighted by Gasteiger charge is 2.19. The van der Waals surface area contributed by atoms with Gasteiger partial charge in [0.15, 0.2) is 0 Å². The van der Waals surface area contributed by atoms with Gasteiger partial charge in [0, 0.05) is 12.4 Å². The number of aryl methyl sites for hydroxylation is 1. The van der Waals surface area contributed by atoms with Crippen LogP contribution in [-0.2, 0) is 16.0 Å². The molecule has 0 aromatic carbocycles. The minimum absolute atomic E-state index is 0.0780. The molecule has 1 atom stereocenters. The van der Waals surface area contributed by atoms with Crippen molar-refractivity contribution in [3.05, 3.63) is 35.8 Å². The molecule has 112 valence electrons. The molecule has 1 unspecified atom stereocenters. The van der Waals surface area contributed by atoms with E-state index in [0.717, 1.165) is 11.2 Å². The SMILES string of the molecule is CCCC(NC(=O)Cc1cn2cccc(C)c2n1)C(=O)O. The van der Waals surface area contributed by atoms with Crippen LogP contribution in [0.3, 0.4) is 0 Å². The third-order valence-electron chi connectivity index (χ3n) is 3.28. The third kappa shape index (κ3) is 3.59. The summed E-state index contributed by atoms with van der Waals surface area (Å²) in [7, 11) is 0. The topological polar surface area (TPSA) is 83.7 Å². The number of aliphatic carboxylic acids is 1. The van der Waals surface area contributed by atoms with Crippen molar-refractivity contribution in [3.63, 3.8) is 0 Å². The summed E-state index contributed by atoms with van der Waals surface area (Å²) < 4.78 is 1.86. The number of imidazole rings is 1. The molecule has 0 saturated carbocycles. The predicted octanol–water partition coefficient (Wildman–Crippen LogP) is 1.55. The highest BCUT2D eigenvalue weighted by molar-refractivity contribution is 5.84. The molecule has 2 aromatic rings. The lowest BCUT2D eigenvalue weighted by Gasteiger charge is -2.12. The lowest BCUT2D eigenvalue weighted by molar-refractivity contribution is -0.141. The van der Waals surface area contributed by atoms with E-state index in [1.54, 1.807) is 6.20 Å². The van der Waals surface area contributed by atoms with Gasteiger partial charge < -0.3 is 14.8 Å². The second kappa shape index (κ2) is 6.39. The van der Waals surface area contributed by atoms with Crippen molar-refractivity contribution in [3.8, 4) is 0 Å². The van der Waals surface area contributed by atoms with E-state index in [2.05, 4.69) is 10.3 Å². The van der Waals surface area contributed by atoms with Crippen molar-refractivity contribution in [2.45, 2.75) is 39.2 Å². The van der Waals surface area contributed by atoms with Crippen LogP contribution in [0.15, 0.2) is 24.5 Å². The number of carbonyl (C=O) groups is 2. The maximum Gasteiger partial charge on any atom is 0.326 e. The minimum atomic E-state index is -1.00. The minimum Gasteiger partial charge on any atom is -0.480 e. The fraction of sp³-hybridized carbons (Fsp3) is 0.400. The summed E-state index contributed by atoms with van der Waals surface area (Å²) in [6, 6.07) is 3.03. The standard InChI is InChI=1S/C15H19N3O3/c1-3-5-12(15(20)21)17-13(19)8-11-9-18-7-4-6-10(2)14(18)16-11/h4,6-7,9,12H,3,5,8H2,1-2H3,(H,17,19)(H,20,21). The van der Waals surface area contributed by atoms with Crippen molar-refractivity contribution in [2.75, 3.05) is 0 Å². The highest BCUT2D eigenvalue weighted by atomic mass is 16.4. The van der Waals surface area contributed by atoms with Crippen molar-refractivity contribution in [1.82, 2.24) is 14.7 Å². The van der Waals surface area contributed by atoms with Crippen LogP contribution < -0.4 is 5.32 Å². The van der Waals surface area contributed by atoms with Crippen LogP contribution in [0.4, 0.5) is 0 Å². The third-order valence-corrected chi connectivity index (χ3v) is 3.28. The number of fused-ring (bicyclic) bond motifs is 1. The molecule has 6 heteroatoms. The van der Waals surface area contributed by atoms with Crippen molar-refractivity contribution in [2.24, 2.45) is 0 Å². The molecular weight excluding hydrogens is 270 g/mol. The molecule has 1 amide bonds. The van der Waals surface area contributed by atoms with Gasteiger partial charge in [0.1, 0.15) is 11.7 Å². The normalized spacial score (nSPS) is 12.3. The Morgan fingerprint density at radius 1 is 1.48 bits per heavy atom. The number of amides is 1. The molecule has 6 nitrogen and oxygen atoms in total. The van der Waals surface area contributed by atoms with E-state index in [4.69, 9.17) is 5.11 Å². The number of hydrogen-bond donors (Lipinski definition) is 2. The Morgan fingerprint density at radius 3 is 2.86 bits per heavy atom. The van der Waals surface area contributed by atoms with Crippen LogP contribution in [0, 0.1) is 6.92 Å². The van der Waals surface area contributed by atoms with Crippen LogP contribution in [0.25, 0.3) is 5.65 Å². The first-order valence-corrected chi connectivity index (χ1v) is 6.96. The average Bonchev–Trinajstić information content (AvgIpc) is 2.82. The highest BCUT2D eigenvalue weighted by Crippen LogP contribution is 2.10. The van der Waals surface area contributed by atoms with Crippen LogP contribution in [0.2, 0.25) is 0 Å². The number of carboxylic acids is 1. The maximum atomic E-state index is 11.9. The van der Waals surface area contributed by atoms with E-state index < -0.39 is 12.0 Å². The van der Waals surface area contributed by atoms with Crippen LogP contribution >= 0.6 is 0 Å².